The lowest BCUT2D eigenvalue weighted by molar-refractivity contribution is 0.0424. The number of hydrogen-bond acceptors (Lipinski definition) is 3. The van der Waals surface area contributed by atoms with E-state index in [4.69, 9.17) is 9.47 Å². The maximum absolute atomic E-state index is 11.7. The molecule has 0 aliphatic heterocycles. The number of alkyl carbamates (subject to hydrolysis) is 1. The second-order valence-electron chi connectivity index (χ2n) is 5.75. The summed E-state index contributed by atoms with van der Waals surface area (Å²) in [5, 5.41) is 2.97. The Balaban J connectivity index is 2.44. The van der Waals surface area contributed by atoms with Crippen LogP contribution in [0.4, 0.5) is 4.79 Å². The topological polar surface area (TPSA) is 47.6 Å². The second kappa shape index (κ2) is 6.24. The number of carbonyl (C=O) groups is 1. The van der Waals surface area contributed by atoms with Gasteiger partial charge in [-0.25, -0.2) is 4.79 Å². The summed E-state index contributed by atoms with van der Waals surface area (Å²) in [7, 11) is 1.71. The van der Waals surface area contributed by atoms with Crippen LogP contribution < -0.4 is 5.32 Å². The van der Waals surface area contributed by atoms with E-state index in [1.54, 1.807) is 7.11 Å². The van der Waals surface area contributed by atoms with E-state index >= 15 is 0 Å². The van der Waals surface area contributed by atoms with Gasteiger partial charge in [-0.05, 0) is 33.6 Å². The van der Waals surface area contributed by atoms with Gasteiger partial charge in [0.25, 0.3) is 0 Å². The quantitative estimate of drug-likeness (QED) is 0.829. The van der Waals surface area contributed by atoms with Crippen molar-refractivity contribution < 1.29 is 14.3 Å². The zero-order valence-corrected chi connectivity index (χ0v) is 11.4. The zero-order valence-electron chi connectivity index (χ0n) is 11.4. The minimum absolute atomic E-state index is 0.193. The standard InChI is InChI=1S/C13H25NO3/c1-13(2,3)17-12(15)14-11-8-6-5-7-10(11)9-16-4/h10-11H,5-9H2,1-4H3,(H,14,15)/t10-,11-/m0/s1. The number of ether oxygens (including phenoxy) is 2. The summed E-state index contributed by atoms with van der Waals surface area (Å²) in [5.41, 5.74) is -0.435. The fraction of sp³-hybridized carbons (Fsp3) is 0.923. The Morgan fingerprint density at radius 3 is 2.53 bits per heavy atom. The van der Waals surface area contributed by atoms with Gasteiger partial charge < -0.3 is 14.8 Å². The van der Waals surface area contributed by atoms with Gasteiger partial charge in [-0.1, -0.05) is 12.8 Å². The number of carbonyl (C=O) groups excluding carboxylic acids is 1. The lowest BCUT2D eigenvalue weighted by Gasteiger charge is -2.32. The fourth-order valence-electron chi connectivity index (χ4n) is 2.27. The largest absolute Gasteiger partial charge is 0.444 e. The minimum Gasteiger partial charge on any atom is -0.444 e. The Labute approximate surface area is 104 Å². The van der Waals surface area contributed by atoms with Crippen molar-refractivity contribution in [3.63, 3.8) is 0 Å². The van der Waals surface area contributed by atoms with Gasteiger partial charge in [-0.15, -0.1) is 0 Å². The van der Waals surface area contributed by atoms with Crippen molar-refractivity contribution in [1.82, 2.24) is 5.32 Å². The summed E-state index contributed by atoms with van der Waals surface area (Å²) in [6, 6.07) is 0.193. The molecule has 0 spiro atoms. The molecule has 1 rings (SSSR count). The first-order valence-corrected chi connectivity index (χ1v) is 6.41. The van der Waals surface area contributed by atoms with Crippen LogP contribution in [0.25, 0.3) is 0 Å². The summed E-state index contributed by atoms with van der Waals surface area (Å²) >= 11 is 0. The van der Waals surface area contributed by atoms with Crippen LogP contribution in [0.3, 0.4) is 0 Å². The van der Waals surface area contributed by atoms with Gasteiger partial charge >= 0.3 is 6.09 Å². The molecule has 0 radical (unpaired) electrons. The highest BCUT2D eigenvalue weighted by Crippen LogP contribution is 2.25. The van der Waals surface area contributed by atoms with Crippen molar-refractivity contribution in [3.8, 4) is 0 Å². The van der Waals surface area contributed by atoms with Crippen LogP contribution in [-0.2, 0) is 9.47 Å². The molecule has 2 atom stereocenters. The molecular formula is C13H25NO3. The van der Waals surface area contributed by atoms with Crippen molar-refractivity contribution in [2.45, 2.75) is 58.1 Å². The predicted molar refractivity (Wildman–Crippen MR) is 67.0 cm³/mol. The Morgan fingerprint density at radius 1 is 1.29 bits per heavy atom. The Kier molecular flexibility index (Phi) is 5.25. The molecule has 0 heterocycles. The maximum Gasteiger partial charge on any atom is 0.407 e. The molecule has 1 N–H and O–H groups in total. The van der Waals surface area contributed by atoms with Crippen LogP contribution >= 0.6 is 0 Å². The summed E-state index contributed by atoms with van der Waals surface area (Å²) in [6.45, 7) is 6.33. The van der Waals surface area contributed by atoms with Crippen molar-refractivity contribution in [2.75, 3.05) is 13.7 Å². The molecule has 100 valence electrons. The third kappa shape index (κ3) is 5.39. The molecule has 1 aliphatic carbocycles. The van der Waals surface area contributed by atoms with Crippen LogP contribution in [0.15, 0.2) is 0 Å². The molecule has 0 aromatic carbocycles. The number of nitrogens with one attached hydrogen (secondary N) is 1. The van der Waals surface area contributed by atoms with E-state index in [-0.39, 0.29) is 12.1 Å². The zero-order chi connectivity index (χ0) is 12.9. The van der Waals surface area contributed by atoms with Gasteiger partial charge in [0, 0.05) is 19.1 Å². The average molecular weight is 243 g/mol. The van der Waals surface area contributed by atoms with Gasteiger partial charge in [0.05, 0.1) is 6.61 Å². The van der Waals surface area contributed by atoms with E-state index in [1.807, 2.05) is 20.8 Å². The van der Waals surface area contributed by atoms with Gasteiger partial charge in [-0.2, -0.15) is 0 Å². The van der Waals surface area contributed by atoms with E-state index in [0.29, 0.717) is 12.5 Å². The fourth-order valence-corrected chi connectivity index (χ4v) is 2.27. The molecule has 1 aliphatic rings. The first-order chi connectivity index (χ1) is 7.92. The molecule has 4 nitrogen and oxygen atoms in total. The van der Waals surface area contributed by atoms with Gasteiger partial charge in [0.2, 0.25) is 0 Å². The molecule has 0 saturated heterocycles. The smallest absolute Gasteiger partial charge is 0.407 e. The summed E-state index contributed by atoms with van der Waals surface area (Å²) < 4.78 is 10.5. The molecule has 1 fully saturated rings. The van der Waals surface area contributed by atoms with Crippen LogP contribution in [-0.4, -0.2) is 31.5 Å². The summed E-state index contributed by atoms with van der Waals surface area (Å²) in [6.07, 6.45) is 4.22. The first kappa shape index (κ1) is 14.3. The average Bonchev–Trinajstić information content (AvgIpc) is 2.18. The first-order valence-electron chi connectivity index (χ1n) is 6.41. The molecule has 0 aromatic rings. The van der Waals surface area contributed by atoms with Crippen LogP contribution in [0.5, 0.6) is 0 Å². The lowest BCUT2D eigenvalue weighted by atomic mass is 9.85. The Bertz CT molecular complexity index is 246. The normalized spacial score (nSPS) is 25.4. The third-order valence-corrected chi connectivity index (χ3v) is 2.99. The maximum atomic E-state index is 11.7. The van der Waals surface area contributed by atoms with E-state index in [1.165, 1.54) is 12.8 Å². The molecule has 0 unspecified atom stereocenters. The van der Waals surface area contributed by atoms with Gasteiger partial charge in [0.15, 0.2) is 0 Å². The molecule has 0 aromatic heterocycles. The van der Waals surface area contributed by atoms with Crippen LogP contribution in [0, 0.1) is 5.92 Å². The van der Waals surface area contributed by atoms with E-state index < -0.39 is 5.60 Å². The van der Waals surface area contributed by atoms with E-state index in [9.17, 15) is 4.79 Å². The molecule has 17 heavy (non-hydrogen) atoms. The number of methoxy groups -OCH3 is 1. The third-order valence-electron chi connectivity index (χ3n) is 2.99. The van der Waals surface area contributed by atoms with Gasteiger partial charge in [0.1, 0.15) is 5.60 Å². The monoisotopic (exact) mass is 243 g/mol. The number of amides is 1. The van der Waals surface area contributed by atoms with Crippen LogP contribution in [0.1, 0.15) is 46.5 Å². The van der Waals surface area contributed by atoms with Gasteiger partial charge in [-0.3, -0.25) is 0 Å². The molecule has 0 bridgehead atoms. The van der Waals surface area contributed by atoms with E-state index in [2.05, 4.69) is 5.32 Å². The highest BCUT2D eigenvalue weighted by atomic mass is 16.6. The number of rotatable bonds is 3. The van der Waals surface area contributed by atoms with Crippen molar-refractivity contribution >= 4 is 6.09 Å². The SMILES string of the molecule is COC[C@@H]1CCCC[C@@H]1NC(=O)OC(C)(C)C. The molecular weight excluding hydrogens is 218 g/mol. The second-order valence-corrected chi connectivity index (χ2v) is 5.75. The molecule has 1 saturated carbocycles. The van der Waals surface area contributed by atoms with Crippen molar-refractivity contribution in [3.05, 3.63) is 0 Å². The van der Waals surface area contributed by atoms with E-state index in [0.717, 1.165) is 12.8 Å². The summed E-state index contributed by atoms with van der Waals surface area (Å²) in [4.78, 5) is 11.7. The molecule has 4 heteroatoms. The summed E-state index contributed by atoms with van der Waals surface area (Å²) in [5.74, 6) is 0.418. The highest BCUT2D eigenvalue weighted by molar-refractivity contribution is 5.68. The lowest BCUT2D eigenvalue weighted by Crippen LogP contribution is -2.45. The predicted octanol–water partition coefficient (Wildman–Crippen LogP) is 2.72. The Morgan fingerprint density at radius 2 is 1.94 bits per heavy atom. The van der Waals surface area contributed by atoms with Crippen molar-refractivity contribution in [2.24, 2.45) is 5.92 Å². The minimum atomic E-state index is -0.435. The highest BCUT2D eigenvalue weighted by Gasteiger charge is 2.28. The number of hydrogen-bond donors (Lipinski definition) is 1. The molecule has 1 amide bonds. The van der Waals surface area contributed by atoms with Crippen molar-refractivity contribution in [1.29, 1.82) is 0 Å². The Hall–Kier alpha value is -0.770. The van der Waals surface area contributed by atoms with Crippen LogP contribution in [0.2, 0.25) is 0 Å².